The number of nitrogens with one attached hydrogen (secondary N) is 1. The second kappa shape index (κ2) is 8.45. The number of pyridine rings is 1. The van der Waals surface area contributed by atoms with Crippen LogP contribution in [0, 0.1) is 20.8 Å². The van der Waals surface area contributed by atoms with Crippen LogP contribution in [0.5, 0.6) is 0 Å². The second-order valence-electron chi connectivity index (χ2n) is 6.86. The van der Waals surface area contributed by atoms with E-state index in [0.717, 1.165) is 11.1 Å². The molecule has 0 atom stereocenters. The molecule has 3 rings (SSSR count). The zero-order valence-corrected chi connectivity index (χ0v) is 17.4. The smallest absolute Gasteiger partial charge is 0.265 e. The highest BCUT2D eigenvalue weighted by Crippen LogP contribution is 2.29. The number of sulfonamides is 1. The minimum absolute atomic E-state index is 0.176. The lowest BCUT2D eigenvalue weighted by molar-refractivity contribution is -0.114. The Kier molecular flexibility index (Phi) is 5.98. The maximum atomic E-state index is 13.5. The fourth-order valence-electron chi connectivity index (χ4n) is 3.02. The molecule has 0 spiro atoms. The molecule has 1 N–H and O–H groups in total. The van der Waals surface area contributed by atoms with Crippen molar-refractivity contribution in [3.63, 3.8) is 0 Å². The van der Waals surface area contributed by atoms with Gasteiger partial charge in [-0.1, -0.05) is 30.3 Å². The highest BCUT2D eigenvalue weighted by Gasteiger charge is 2.29. The first-order chi connectivity index (χ1) is 13.8. The van der Waals surface area contributed by atoms with E-state index in [0.29, 0.717) is 16.9 Å². The molecule has 0 aliphatic rings. The van der Waals surface area contributed by atoms with Crippen LogP contribution >= 0.6 is 0 Å². The van der Waals surface area contributed by atoms with Crippen LogP contribution in [0.3, 0.4) is 0 Å². The van der Waals surface area contributed by atoms with Crippen molar-refractivity contribution < 1.29 is 13.2 Å². The van der Waals surface area contributed by atoms with Crippen molar-refractivity contribution in [3.8, 4) is 0 Å². The zero-order chi connectivity index (χ0) is 21.0. The molecular formula is C22H23N3O3S. The molecule has 0 saturated heterocycles. The molecule has 2 aromatic carbocycles. The monoisotopic (exact) mass is 409 g/mol. The first kappa shape index (κ1) is 20.5. The lowest BCUT2D eigenvalue weighted by Gasteiger charge is -2.26. The van der Waals surface area contributed by atoms with Crippen LogP contribution in [0.2, 0.25) is 0 Å². The Morgan fingerprint density at radius 2 is 1.76 bits per heavy atom. The van der Waals surface area contributed by atoms with Gasteiger partial charge in [-0.05, 0) is 61.7 Å². The fraction of sp³-hybridized carbons (Fsp3) is 0.182. The summed E-state index contributed by atoms with van der Waals surface area (Å²) < 4.78 is 28.2. The number of carbonyl (C=O) groups is 1. The SMILES string of the molecule is Cc1ccc(C)c(N(CC(=O)Nc2cccnc2)S(=O)(=O)c2ccccc2C)c1. The zero-order valence-electron chi connectivity index (χ0n) is 16.6. The number of rotatable bonds is 6. The molecule has 0 aliphatic heterocycles. The summed E-state index contributed by atoms with van der Waals surface area (Å²) in [6, 6.07) is 15.7. The molecule has 3 aromatic rings. The van der Waals surface area contributed by atoms with Gasteiger partial charge in [0.2, 0.25) is 5.91 Å². The number of anilines is 2. The lowest BCUT2D eigenvalue weighted by Crippen LogP contribution is -2.39. The summed E-state index contributed by atoms with van der Waals surface area (Å²) in [5.41, 5.74) is 3.28. The second-order valence-corrected chi connectivity index (χ2v) is 8.69. The minimum Gasteiger partial charge on any atom is -0.323 e. The van der Waals surface area contributed by atoms with Crippen molar-refractivity contribution in [1.29, 1.82) is 0 Å². The first-order valence-electron chi connectivity index (χ1n) is 9.14. The van der Waals surface area contributed by atoms with Gasteiger partial charge in [-0.2, -0.15) is 0 Å². The summed E-state index contributed by atoms with van der Waals surface area (Å²) in [5, 5.41) is 2.71. The molecule has 6 nitrogen and oxygen atoms in total. The van der Waals surface area contributed by atoms with Crippen molar-refractivity contribution in [2.75, 3.05) is 16.2 Å². The number of amides is 1. The van der Waals surface area contributed by atoms with Crippen molar-refractivity contribution in [2.45, 2.75) is 25.7 Å². The van der Waals surface area contributed by atoms with Crippen molar-refractivity contribution in [1.82, 2.24) is 4.98 Å². The molecule has 29 heavy (non-hydrogen) atoms. The van der Waals surface area contributed by atoms with E-state index in [4.69, 9.17) is 0 Å². The number of carbonyl (C=O) groups excluding carboxylic acids is 1. The summed E-state index contributed by atoms with van der Waals surface area (Å²) in [5.74, 6) is -0.448. The standard InChI is InChI=1S/C22H23N3O3S/c1-16-10-11-17(2)20(13-16)25(15-22(26)24-19-8-6-12-23-14-19)29(27,28)21-9-5-4-7-18(21)3/h4-14H,15H2,1-3H3,(H,24,26). The Bertz CT molecular complexity index is 1130. The maximum Gasteiger partial charge on any atom is 0.265 e. The summed E-state index contributed by atoms with van der Waals surface area (Å²) in [6.45, 7) is 5.10. The molecule has 0 fully saturated rings. The number of hydrogen-bond acceptors (Lipinski definition) is 4. The van der Waals surface area contributed by atoms with Gasteiger partial charge >= 0.3 is 0 Å². The van der Waals surface area contributed by atoms with Crippen LogP contribution < -0.4 is 9.62 Å². The van der Waals surface area contributed by atoms with Gasteiger partial charge in [-0.3, -0.25) is 14.1 Å². The number of benzene rings is 2. The topological polar surface area (TPSA) is 79.4 Å². The van der Waals surface area contributed by atoms with Gasteiger partial charge in [0, 0.05) is 6.20 Å². The van der Waals surface area contributed by atoms with Gasteiger partial charge in [0.1, 0.15) is 6.54 Å². The van der Waals surface area contributed by atoms with Gasteiger partial charge in [0.25, 0.3) is 10.0 Å². The third kappa shape index (κ3) is 4.63. The number of aryl methyl sites for hydroxylation is 3. The van der Waals surface area contributed by atoms with Gasteiger partial charge in [0.05, 0.1) is 22.5 Å². The molecule has 0 radical (unpaired) electrons. The molecule has 7 heteroatoms. The Morgan fingerprint density at radius 1 is 1.00 bits per heavy atom. The predicted molar refractivity (Wildman–Crippen MR) is 114 cm³/mol. The van der Waals surface area contributed by atoms with E-state index in [1.165, 1.54) is 10.5 Å². The summed E-state index contributed by atoms with van der Waals surface area (Å²) >= 11 is 0. The molecule has 0 saturated carbocycles. The highest BCUT2D eigenvalue weighted by atomic mass is 32.2. The molecular weight excluding hydrogens is 386 g/mol. The highest BCUT2D eigenvalue weighted by molar-refractivity contribution is 7.93. The quantitative estimate of drug-likeness (QED) is 0.671. The number of aromatic nitrogens is 1. The molecule has 1 amide bonds. The largest absolute Gasteiger partial charge is 0.323 e. The van der Waals surface area contributed by atoms with Crippen molar-refractivity contribution in [3.05, 3.63) is 83.7 Å². The number of hydrogen-bond donors (Lipinski definition) is 1. The van der Waals surface area contributed by atoms with Gasteiger partial charge < -0.3 is 5.32 Å². The van der Waals surface area contributed by atoms with Crippen LogP contribution in [0.4, 0.5) is 11.4 Å². The van der Waals surface area contributed by atoms with E-state index in [-0.39, 0.29) is 11.4 Å². The molecule has 1 aromatic heterocycles. The van der Waals surface area contributed by atoms with E-state index in [1.807, 2.05) is 26.0 Å². The Hall–Kier alpha value is -3.19. The van der Waals surface area contributed by atoms with Crippen LogP contribution in [-0.4, -0.2) is 25.9 Å². The van der Waals surface area contributed by atoms with E-state index in [9.17, 15) is 13.2 Å². The van der Waals surface area contributed by atoms with Crippen molar-refractivity contribution >= 4 is 27.3 Å². The number of nitrogens with zero attached hydrogens (tertiary/aromatic N) is 2. The Balaban J connectivity index is 2.04. The lowest BCUT2D eigenvalue weighted by atomic mass is 10.1. The average molecular weight is 410 g/mol. The summed E-state index contributed by atoms with van der Waals surface area (Å²) in [7, 11) is -3.95. The van der Waals surface area contributed by atoms with Gasteiger partial charge in [0.15, 0.2) is 0 Å². The molecule has 150 valence electrons. The van der Waals surface area contributed by atoms with Crippen molar-refractivity contribution in [2.24, 2.45) is 0 Å². The van der Waals surface area contributed by atoms with Crippen LogP contribution in [0.25, 0.3) is 0 Å². The molecule has 0 bridgehead atoms. The van der Waals surface area contributed by atoms with E-state index in [2.05, 4.69) is 10.3 Å². The normalized spacial score (nSPS) is 11.1. The third-order valence-corrected chi connectivity index (χ3v) is 6.45. The van der Waals surface area contributed by atoms with Gasteiger partial charge in [-0.25, -0.2) is 8.42 Å². The van der Waals surface area contributed by atoms with Crippen LogP contribution in [0.15, 0.2) is 71.9 Å². The third-order valence-electron chi connectivity index (χ3n) is 4.53. The Morgan fingerprint density at radius 3 is 2.45 bits per heavy atom. The first-order valence-corrected chi connectivity index (χ1v) is 10.6. The average Bonchev–Trinajstić information content (AvgIpc) is 2.69. The maximum absolute atomic E-state index is 13.5. The van der Waals surface area contributed by atoms with Crippen LogP contribution in [0.1, 0.15) is 16.7 Å². The fourth-order valence-corrected chi connectivity index (χ4v) is 4.73. The van der Waals surface area contributed by atoms with Crippen LogP contribution in [-0.2, 0) is 14.8 Å². The molecule has 1 heterocycles. The summed E-state index contributed by atoms with van der Waals surface area (Å²) in [4.78, 5) is 16.8. The van der Waals surface area contributed by atoms with E-state index < -0.39 is 15.9 Å². The molecule has 0 aliphatic carbocycles. The Labute approximate surface area is 171 Å². The van der Waals surface area contributed by atoms with Gasteiger partial charge in [-0.15, -0.1) is 0 Å². The minimum atomic E-state index is -3.95. The molecule has 0 unspecified atom stereocenters. The predicted octanol–water partition coefficient (Wildman–Crippen LogP) is 3.84. The van der Waals surface area contributed by atoms with E-state index in [1.54, 1.807) is 55.6 Å². The van der Waals surface area contributed by atoms with E-state index >= 15 is 0 Å². The summed E-state index contributed by atoms with van der Waals surface area (Å²) in [6.07, 6.45) is 3.11.